The summed E-state index contributed by atoms with van der Waals surface area (Å²) in [4.78, 5) is 21.2. The number of alkyl halides is 1. The van der Waals surface area contributed by atoms with E-state index in [-0.39, 0.29) is 24.3 Å². The van der Waals surface area contributed by atoms with Crippen LogP contribution in [-0.2, 0) is 9.53 Å². The molecule has 0 radical (unpaired) electrons. The van der Waals surface area contributed by atoms with Crippen LogP contribution in [0.3, 0.4) is 0 Å². The van der Waals surface area contributed by atoms with Crippen LogP contribution >= 0.6 is 11.6 Å². The molecule has 0 spiro atoms. The van der Waals surface area contributed by atoms with Crippen molar-refractivity contribution in [1.82, 2.24) is 9.88 Å². The fraction of sp³-hybridized carbons (Fsp3) is 0.542. The number of hydrogen-bond donors (Lipinski definition) is 1. The second-order valence-corrected chi connectivity index (χ2v) is 9.85. The number of fused-ring (bicyclic) bond motifs is 1. The van der Waals surface area contributed by atoms with Crippen LogP contribution in [-0.4, -0.2) is 66.9 Å². The highest BCUT2D eigenvalue weighted by Gasteiger charge is 2.46. The zero-order valence-corrected chi connectivity index (χ0v) is 19.3. The Hall–Kier alpha value is -2.47. The van der Waals surface area contributed by atoms with Gasteiger partial charge in [0.25, 0.3) is 0 Å². The Balaban J connectivity index is 1.31. The van der Waals surface area contributed by atoms with Crippen LogP contribution in [0.15, 0.2) is 24.4 Å². The predicted octanol–water partition coefficient (Wildman–Crippen LogP) is 3.63. The zero-order valence-electron chi connectivity index (χ0n) is 18.6. The fourth-order valence-electron chi connectivity index (χ4n) is 5.04. The number of anilines is 2. The summed E-state index contributed by atoms with van der Waals surface area (Å²) in [6.07, 6.45) is 2.23. The van der Waals surface area contributed by atoms with Gasteiger partial charge < -0.3 is 15.0 Å². The van der Waals surface area contributed by atoms with Crippen LogP contribution < -0.4 is 10.2 Å². The van der Waals surface area contributed by atoms with Crippen LogP contribution in [0.25, 0.3) is 10.8 Å². The number of piperazine rings is 1. The molecule has 33 heavy (non-hydrogen) atoms. The van der Waals surface area contributed by atoms with Gasteiger partial charge in [-0.3, -0.25) is 9.69 Å². The zero-order chi connectivity index (χ0) is 23.2. The molecule has 2 aromatic rings. The van der Waals surface area contributed by atoms with Crippen LogP contribution in [0.5, 0.6) is 0 Å². The number of aromatic nitrogens is 1. The first-order chi connectivity index (χ1) is 15.9. The lowest BCUT2D eigenvalue weighted by atomic mass is 9.74. The topological polar surface area (TPSA) is 81.5 Å². The minimum atomic E-state index is -0.974. The SMILES string of the molecule is C[C@@]1(N2CCN(c3cc4cc(NC(=O)C5CCC5C#N)ncc4cc3Cl)CC2)COC[C@@H]1F. The van der Waals surface area contributed by atoms with Crippen molar-refractivity contribution < 1.29 is 13.9 Å². The lowest BCUT2D eigenvalue weighted by molar-refractivity contribution is -0.123. The number of halogens is 2. The number of ether oxygens (including phenoxy) is 1. The minimum absolute atomic E-state index is 0.152. The maximum Gasteiger partial charge on any atom is 0.229 e. The highest BCUT2D eigenvalue weighted by Crippen LogP contribution is 2.36. The molecule has 1 aliphatic carbocycles. The standard InChI is InChI=1S/C24H27ClFN5O2/c1-24(14-33-13-21(24)26)31-6-4-30(5-7-31)20-9-16-10-22(28-12-17(16)8-19(20)25)29-23(32)18-3-2-15(18)11-27/h8-10,12,15,18,21H,2-7,13-14H2,1H3,(H,28,29,32)/t15?,18?,21-,24+/m0/s1. The summed E-state index contributed by atoms with van der Waals surface area (Å²) >= 11 is 6.61. The van der Waals surface area contributed by atoms with E-state index in [0.717, 1.165) is 55.5 Å². The van der Waals surface area contributed by atoms with Crippen molar-refractivity contribution in [2.24, 2.45) is 11.8 Å². The lowest BCUT2D eigenvalue weighted by Gasteiger charge is -2.44. The Bertz CT molecular complexity index is 1120. The Morgan fingerprint density at radius 3 is 2.70 bits per heavy atom. The van der Waals surface area contributed by atoms with Crippen molar-refractivity contribution in [1.29, 1.82) is 5.26 Å². The van der Waals surface area contributed by atoms with Gasteiger partial charge in [-0.2, -0.15) is 5.26 Å². The van der Waals surface area contributed by atoms with Crippen molar-refractivity contribution in [3.8, 4) is 6.07 Å². The van der Waals surface area contributed by atoms with E-state index in [2.05, 4.69) is 26.2 Å². The van der Waals surface area contributed by atoms with Gasteiger partial charge in [-0.25, -0.2) is 9.37 Å². The van der Waals surface area contributed by atoms with Gasteiger partial charge in [-0.1, -0.05) is 11.6 Å². The number of benzene rings is 1. The molecule has 3 aliphatic rings. The molecule has 2 unspecified atom stereocenters. The quantitative estimate of drug-likeness (QED) is 0.733. The van der Waals surface area contributed by atoms with Gasteiger partial charge in [0, 0.05) is 37.8 Å². The average Bonchev–Trinajstić information content (AvgIpc) is 3.12. The van der Waals surface area contributed by atoms with Crippen molar-refractivity contribution in [2.75, 3.05) is 49.6 Å². The number of pyridine rings is 1. The molecular weight excluding hydrogens is 445 g/mol. The molecule has 5 rings (SSSR count). The van der Waals surface area contributed by atoms with E-state index >= 15 is 0 Å². The fourth-order valence-corrected chi connectivity index (χ4v) is 5.33. The second-order valence-electron chi connectivity index (χ2n) is 9.44. The monoisotopic (exact) mass is 471 g/mol. The number of hydrogen-bond acceptors (Lipinski definition) is 6. The van der Waals surface area contributed by atoms with Crippen LogP contribution in [0.4, 0.5) is 15.9 Å². The van der Waals surface area contributed by atoms with Crippen molar-refractivity contribution >= 4 is 39.8 Å². The molecule has 1 saturated carbocycles. The normalized spacial score (nSPS) is 30.1. The summed E-state index contributed by atoms with van der Waals surface area (Å²) in [7, 11) is 0. The smallest absolute Gasteiger partial charge is 0.229 e. The summed E-state index contributed by atoms with van der Waals surface area (Å²) in [6, 6.07) is 7.94. The molecule has 1 N–H and O–H groups in total. The maximum absolute atomic E-state index is 14.4. The highest BCUT2D eigenvalue weighted by molar-refractivity contribution is 6.34. The number of nitrogens with one attached hydrogen (secondary N) is 1. The molecule has 7 nitrogen and oxygen atoms in total. The van der Waals surface area contributed by atoms with E-state index in [1.807, 2.05) is 25.1 Å². The second kappa shape index (κ2) is 8.71. The van der Waals surface area contributed by atoms with E-state index in [9.17, 15) is 9.18 Å². The van der Waals surface area contributed by atoms with E-state index < -0.39 is 11.7 Å². The van der Waals surface area contributed by atoms with Gasteiger partial charge in [0.2, 0.25) is 5.91 Å². The molecule has 4 atom stereocenters. The van der Waals surface area contributed by atoms with E-state index in [0.29, 0.717) is 17.4 Å². The highest BCUT2D eigenvalue weighted by atomic mass is 35.5. The Morgan fingerprint density at radius 2 is 2.06 bits per heavy atom. The summed E-state index contributed by atoms with van der Waals surface area (Å²) in [5.74, 6) is -0.154. The van der Waals surface area contributed by atoms with Crippen LogP contribution in [0.2, 0.25) is 5.02 Å². The third-order valence-corrected chi connectivity index (χ3v) is 7.79. The van der Waals surface area contributed by atoms with Crippen LogP contribution in [0, 0.1) is 23.2 Å². The molecule has 0 bridgehead atoms. The predicted molar refractivity (Wildman–Crippen MR) is 125 cm³/mol. The summed E-state index contributed by atoms with van der Waals surface area (Å²) in [6.45, 7) is 5.45. The number of amides is 1. The molecule has 3 fully saturated rings. The largest absolute Gasteiger partial charge is 0.376 e. The van der Waals surface area contributed by atoms with E-state index in [4.69, 9.17) is 21.6 Å². The molecule has 9 heteroatoms. The number of carbonyl (C=O) groups excluding carboxylic acids is 1. The Morgan fingerprint density at radius 1 is 1.27 bits per heavy atom. The van der Waals surface area contributed by atoms with Crippen molar-refractivity contribution in [3.05, 3.63) is 29.4 Å². The molecule has 174 valence electrons. The van der Waals surface area contributed by atoms with Crippen molar-refractivity contribution in [2.45, 2.75) is 31.5 Å². The Kier molecular flexibility index (Phi) is 5.89. The summed E-state index contributed by atoms with van der Waals surface area (Å²) < 4.78 is 19.8. The van der Waals surface area contributed by atoms with Crippen LogP contribution in [0.1, 0.15) is 19.8 Å². The first kappa shape index (κ1) is 22.3. The number of rotatable bonds is 4. The average molecular weight is 472 g/mol. The van der Waals surface area contributed by atoms with Gasteiger partial charge in [-0.05, 0) is 43.4 Å². The summed E-state index contributed by atoms with van der Waals surface area (Å²) in [5, 5.41) is 14.4. The number of nitrogens with zero attached hydrogens (tertiary/aromatic N) is 4. The van der Waals surface area contributed by atoms with E-state index in [1.165, 1.54) is 0 Å². The van der Waals surface area contributed by atoms with Gasteiger partial charge in [0.1, 0.15) is 12.0 Å². The molecule has 2 aliphatic heterocycles. The number of carbonyl (C=O) groups is 1. The maximum atomic E-state index is 14.4. The lowest BCUT2D eigenvalue weighted by Crippen LogP contribution is -2.59. The van der Waals surface area contributed by atoms with Crippen molar-refractivity contribution in [3.63, 3.8) is 0 Å². The van der Waals surface area contributed by atoms with Gasteiger partial charge in [0.15, 0.2) is 0 Å². The molecule has 1 aromatic carbocycles. The first-order valence-corrected chi connectivity index (χ1v) is 11.8. The van der Waals surface area contributed by atoms with Gasteiger partial charge in [0.05, 0.1) is 47.4 Å². The first-order valence-electron chi connectivity index (χ1n) is 11.4. The van der Waals surface area contributed by atoms with E-state index in [1.54, 1.807) is 6.20 Å². The summed E-state index contributed by atoms with van der Waals surface area (Å²) in [5.41, 5.74) is 0.351. The molecule has 1 amide bonds. The molecule has 1 aromatic heterocycles. The Labute approximate surface area is 197 Å². The third-order valence-electron chi connectivity index (χ3n) is 7.49. The molecular formula is C24H27ClFN5O2. The molecule has 3 heterocycles. The molecule has 2 saturated heterocycles. The van der Waals surface area contributed by atoms with Gasteiger partial charge in [-0.15, -0.1) is 0 Å². The number of nitriles is 1. The minimum Gasteiger partial charge on any atom is -0.376 e. The van der Waals surface area contributed by atoms with Gasteiger partial charge >= 0.3 is 0 Å². The third kappa shape index (κ3) is 4.03.